The van der Waals surface area contributed by atoms with Gasteiger partial charge in [0.2, 0.25) is 0 Å². The highest BCUT2D eigenvalue weighted by molar-refractivity contribution is 7.80. The second kappa shape index (κ2) is 9.80. The molecule has 166 valence electrons. The van der Waals surface area contributed by atoms with Gasteiger partial charge in [0.15, 0.2) is 23.2 Å². The molecule has 1 aliphatic heterocycles. The van der Waals surface area contributed by atoms with Gasteiger partial charge in [0.05, 0.1) is 12.1 Å². The van der Waals surface area contributed by atoms with Gasteiger partial charge in [-0.15, -0.1) is 0 Å². The van der Waals surface area contributed by atoms with Crippen molar-refractivity contribution in [2.24, 2.45) is 0 Å². The van der Waals surface area contributed by atoms with E-state index >= 15 is 0 Å². The standard InChI is InChI=1S/C22H20ClN3O5S/c1-12-4-6-14(7-5-12)24-18(27)11-31-19-16(23)9-13(10-17(19)30-3)8-15-20(28)25-22(32)26(2)21(15)29/h4-10H,11H2,1-3H3,(H,24,27)(H,25,28,32)/b15-8+. The number of amides is 3. The SMILES string of the molecule is COc1cc(/C=C2\C(=O)NC(=S)N(C)C2=O)cc(Cl)c1OCC(=O)Nc1ccc(C)cc1. The Morgan fingerprint density at radius 3 is 2.59 bits per heavy atom. The van der Waals surface area contributed by atoms with Crippen LogP contribution in [0.1, 0.15) is 11.1 Å². The van der Waals surface area contributed by atoms with Crippen LogP contribution in [0.25, 0.3) is 6.08 Å². The van der Waals surface area contributed by atoms with Crippen LogP contribution >= 0.6 is 23.8 Å². The molecule has 3 rings (SSSR count). The molecule has 0 spiro atoms. The number of carbonyl (C=O) groups excluding carboxylic acids is 3. The number of likely N-dealkylation sites (N-methyl/N-ethyl adjacent to an activating group) is 1. The largest absolute Gasteiger partial charge is 0.493 e. The summed E-state index contributed by atoms with van der Waals surface area (Å²) in [6.45, 7) is 1.65. The van der Waals surface area contributed by atoms with Gasteiger partial charge in [-0.25, -0.2) is 0 Å². The van der Waals surface area contributed by atoms with E-state index in [1.54, 1.807) is 18.2 Å². The highest BCUT2D eigenvalue weighted by atomic mass is 35.5. The number of hydrogen-bond acceptors (Lipinski definition) is 6. The van der Waals surface area contributed by atoms with Crippen LogP contribution in [0.15, 0.2) is 42.0 Å². The number of benzene rings is 2. The molecule has 0 radical (unpaired) electrons. The summed E-state index contributed by atoms with van der Waals surface area (Å²) in [7, 11) is 2.87. The number of nitrogens with zero attached hydrogens (tertiary/aromatic N) is 1. The lowest BCUT2D eigenvalue weighted by molar-refractivity contribution is -0.128. The number of rotatable bonds is 6. The number of anilines is 1. The summed E-state index contributed by atoms with van der Waals surface area (Å²) in [6, 6.07) is 10.4. The van der Waals surface area contributed by atoms with Crippen molar-refractivity contribution in [3.05, 3.63) is 58.1 Å². The van der Waals surface area contributed by atoms with Crippen LogP contribution in [0.5, 0.6) is 11.5 Å². The van der Waals surface area contributed by atoms with Gasteiger partial charge in [-0.05, 0) is 55.0 Å². The smallest absolute Gasteiger partial charge is 0.265 e. The Labute approximate surface area is 195 Å². The average Bonchev–Trinajstić information content (AvgIpc) is 2.75. The molecule has 8 nitrogen and oxygen atoms in total. The molecular weight excluding hydrogens is 454 g/mol. The normalized spacial score (nSPS) is 14.9. The van der Waals surface area contributed by atoms with Gasteiger partial charge in [0, 0.05) is 12.7 Å². The molecule has 2 aromatic carbocycles. The number of thiocarbonyl (C=S) groups is 1. The van der Waals surface area contributed by atoms with E-state index in [-0.39, 0.29) is 39.7 Å². The Bertz CT molecular complexity index is 1130. The number of aryl methyl sites for hydroxylation is 1. The molecule has 0 unspecified atom stereocenters. The fourth-order valence-corrected chi connectivity index (χ4v) is 3.30. The first-order valence-electron chi connectivity index (χ1n) is 9.41. The second-order valence-electron chi connectivity index (χ2n) is 6.92. The summed E-state index contributed by atoms with van der Waals surface area (Å²) < 4.78 is 10.9. The molecule has 32 heavy (non-hydrogen) atoms. The number of methoxy groups -OCH3 is 1. The van der Waals surface area contributed by atoms with Crippen LogP contribution in [-0.4, -0.2) is 48.5 Å². The molecule has 3 amide bonds. The average molecular weight is 474 g/mol. The lowest BCUT2D eigenvalue weighted by Gasteiger charge is -2.25. The highest BCUT2D eigenvalue weighted by Crippen LogP contribution is 2.37. The van der Waals surface area contributed by atoms with Gasteiger partial charge in [-0.1, -0.05) is 29.3 Å². The second-order valence-corrected chi connectivity index (χ2v) is 7.71. The first kappa shape index (κ1) is 23.2. The third-order valence-corrected chi connectivity index (χ3v) is 5.21. The fraction of sp³-hybridized carbons (Fsp3) is 0.182. The number of nitrogens with one attached hydrogen (secondary N) is 2. The molecule has 1 fully saturated rings. The van der Waals surface area contributed by atoms with Gasteiger partial charge in [0.1, 0.15) is 5.57 Å². The Morgan fingerprint density at radius 2 is 1.94 bits per heavy atom. The fourth-order valence-electron chi connectivity index (χ4n) is 2.85. The van der Waals surface area contributed by atoms with Crippen LogP contribution in [0.3, 0.4) is 0 Å². The van der Waals surface area contributed by atoms with E-state index in [9.17, 15) is 14.4 Å². The van der Waals surface area contributed by atoms with Gasteiger partial charge in [-0.2, -0.15) is 0 Å². The van der Waals surface area contributed by atoms with Crippen molar-refractivity contribution in [1.29, 1.82) is 0 Å². The van der Waals surface area contributed by atoms with E-state index < -0.39 is 11.8 Å². The maximum Gasteiger partial charge on any atom is 0.265 e. The molecule has 0 atom stereocenters. The Balaban J connectivity index is 1.77. The van der Waals surface area contributed by atoms with Crippen molar-refractivity contribution < 1.29 is 23.9 Å². The molecule has 0 bridgehead atoms. The highest BCUT2D eigenvalue weighted by Gasteiger charge is 2.30. The number of hydrogen-bond donors (Lipinski definition) is 2. The van der Waals surface area contributed by atoms with Crippen molar-refractivity contribution >= 4 is 58.4 Å². The minimum absolute atomic E-state index is 0.0282. The lowest BCUT2D eigenvalue weighted by atomic mass is 10.1. The Morgan fingerprint density at radius 1 is 1.25 bits per heavy atom. The van der Waals surface area contributed by atoms with Crippen LogP contribution in [0.2, 0.25) is 5.02 Å². The molecule has 0 saturated carbocycles. The Hall–Kier alpha value is -3.43. The van der Waals surface area contributed by atoms with Crippen molar-refractivity contribution in [2.45, 2.75) is 6.92 Å². The van der Waals surface area contributed by atoms with Crippen LogP contribution in [0.4, 0.5) is 5.69 Å². The van der Waals surface area contributed by atoms with Crippen molar-refractivity contribution in [2.75, 3.05) is 26.1 Å². The first-order valence-corrected chi connectivity index (χ1v) is 10.2. The predicted molar refractivity (Wildman–Crippen MR) is 125 cm³/mol. The topological polar surface area (TPSA) is 97.0 Å². The van der Waals surface area contributed by atoms with E-state index in [1.165, 1.54) is 26.3 Å². The predicted octanol–water partition coefficient (Wildman–Crippen LogP) is 2.93. The molecule has 1 heterocycles. The lowest BCUT2D eigenvalue weighted by Crippen LogP contribution is -2.52. The first-order chi connectivity index (χ1) is 15.2. The van der Waals surface area contributed by atoms with E-state index in [4.69, 9.17) is 33.3 Å². The summed E-state index contributed by atoms with van der Waals surface area (Å²) in [5.74, 6) is -1.13. The summed E-state index contributed by atoms with van der Waals surface area (Å²) in [5, 5.41) is 5.33. The summed E-state index contributed by atoms with van der Waals surface area (Å²) in [5.41, 5.74) is 2.05. The van der Waals surface area contributed by atoms with Crippen molar-refractivity contribution in [1.82, 2.24) is 10.2 Å². The summed E-state index contributed by atoms with van der Waals surface area (Å²) in [4.78, 5) is 37.9. The molecule has 2 N–H and O–H groups in total. The zero-order valence-electron chi connectivity index (χ0n) is 17.5. The van der Waals surface area contributed by atoms with Gasteiger partial charge in [-0.3, -0.25) is 24.6 Å². The van der Waals surface area contributed by atoms with Crippen LogP contribution < -0.4 is 20.1 Å². The monoisotopic (exact) mass is 473 g/mol. The summed E-state index contributed by atoms with van der Waals surface area (Å²) >= 11 is 11.3. The van der Waals surface area contributed by atoms with E-state index in [1.807, 2.05) is 19.1 Å². The van der Waals surface area contributed by atoms with Crippen molar-refractivity contribution in [3.8, 4) is 11.5 Å². The van der Waals surface area contributed by atoms with E-state index in [2.05, 4.69) is 10.6 Å². The van der Waals surface area contributed by atoms with Crippen LogP contribution in [-0.2, 0) is 14.4 Å². The maximum absolute atomic E-state index is 12.4. The minimum Gasteiger partial charge on any atom is -0.493 e. The molecule has 1 aliphatic rings. The maximum atomic E-state index is 12.4. The molecule has 10 heteroatoms. The van der Waals surface area contributed by atoms with E-state index in [0.717, 1.165) is 10.5 Å². The quantitative estimate of drug-likeness (QED) is 0.380. The number of ether oxygens (including phenoxy) is 2. The number of carbonyl (C=O) groups is 3. The molecular formula is C22H20ClN3O5S. The Kier molecular flexibility index (Phi) is 7.12. The van der Waals surface area contributed by atoms with Crippen LogP contribution in [0, 0.1) is 6.92 Å². The zero-order valence-corrected chi connectivity index (χ0v) is 19.1. The molecule has 1 saturated heterocycles. The van der Waals surface area contributed by atoms with Crippen molar-refractivity contribution in [3.63, 3.8) is 0 Å². The molecule has 2 aromatic rings. The third kappa shape index (κ3) is 5.24. The molecule has 0 aromatic heterocycles. The zero-order chi connectivity index (χ0) is 23.4. The summed E-state index contributed by atoms with van der Waals surface area (Å²) in [6.07, 6.45) is 1.37. The van der Waals surface area contributed by atoms with E-state index in [0.29, 0.717) is 11.3 Å². The third-order valence-electron chi connectivity index (χ3n) is 4.55. The van der Waals surface area contributed by atoms with Gasteiger partial charge >= 0.3 is 0 Å². The van der Waals surface area contributed by atoms with Gasteiger partial charge in [0.25, 0.3) is 17.7 Å². The molecule has 0 aliphatic carbocycles. The number of halogens is 1. The minimum atomic E-state index is -0.610. The van der Waals surface area contributed by atoms with Gasteiger partial charge < -0.3 is 14.8 Å².